The minimum Gasteiger partial charge on any atom is -0.489 e. The Hall–Kier alpha value is -1.98. The van der Waals surface area contributed by atoms with Gasteiger partial charge in [-0.3, -0.25) is 4.79 Å². The zero-order valence-corrected chi connectivity index (χ0v) is 16.6. The molecule has 27 heavy (non-hydrogen) atoms. The van der Waals surface area contributed by atoms with Gasteiger partial charge in [0.05, 0.1) is 17.5 Å². The van der Waals surface area contributed by atoms with Gasteiger partial charge in [0.25, 0.3) is 0 Å². The fourth-order valence-electron chi connectivity index (χ4n) is 2.95. The molecule has 144 valence electrons. The van der Waals surface area contributed by atoms with E-state index >= 15 is 0 Å². The maximum Gasteiger partial charge on any atom is 0.234 e. The third kappa shape index (κ3) is 6.60. The molecule has 0 saturated carbocycles. The van der Waals surface area contributed by atoms with Crippen molar-refractivity contribution in [3.05, 3.63) is 59.7 Å². The lowest BCUT2D eigenvalue weighted by Gasteiger charge is -2.23. The number of hydrogen-bond donors (Lipinski definition) is 1. The van der Waals surface area contributed by atoms with Crippen LogP contribution in [0.4, 0.5) is 5.69 Å². The van der Waals surface area contributed by atoms with Crippen LogP contribution in [0.5, 0.6) is 5.75 Å². The molecule has 1 amide bonds. The van der Waals surface area contributed by atoms with E-state index in [1.807, 2.05) is 24.3 Å². The van der Waals surface area contributed by atoms with Gasteiger partial charge < -0.3 is 14.8 Å². The minimum atomic E-state index is -0.0166. The fourth-order valence-corrected chi connectivity index (χ4v) is 3.74. The van der Waals surface area contributed by atoms with Crippen LogP contribution >= 0.6 is 11.8 Å². The van der Waals surface area contributed by atoms with E-state index in [-0.39, 0.29) is 12.0 Å². The third-order valence-electron chi connectivity index (χ3n) is 4.48. The summed E-state index contributed by atoms with van der Waals surface area (Å²) in [4.78, 5) is 12.3. The first-order valence-corrected chi connectivity index (χ1v) is 10.6. The third-order valence-corrected chi connectivity index (χ3v) is 5.49. The Kier molecular flexibility index (Phi) is 7.60. The Morgan fingerprint density at radius 1 is 1.19 bits per heavy atom. The first-order valence-electron chi connectivity index (χ1n) is 9.47. The van der Waals surface area contributed by atoms with E-state index in [0.29, 0.717) is 23.8 Å². The fraction of sp³-hybridized carbons (Fsp3) is 0.409. The molecule has 1 atom stereocenters. The van der Waals surface area contributed by atoms with Gasteiger partial charge in [0, 0.05) is 12.4 Å². The molecular weight excluding hydrogens is 358 g/mol. The molecule has 1 unspecified atom stereocenters. The van der Waals surface area contributed by atoms with Gasteiger partial charge in [-0.15, -0.1) is 11.8 Å². The molecule has 4 nitrogen and oxygen atoms in total. The molecule has 5 heteroatoms. The predicted molar refractivity (Wildman–Crippen MR) is 111 cm³/mol. The minimum absolute atomic E-state index is 0.0166. The Morgan fingerprint density at radius 2 is 2.00 bits per heavy atom. The van der Waals surface area contributed by atoms with E-state index in [1.54, 1.807) is 11.8 Å². The Bertz CT molecular complexity index is 727. The zero-order chi connectivity index (χ0) is 18.9. The van der Waals surface area contributed by atoms with E-state index < -0.39 is 0 Å². The second-order valence-corrected chi connectivity index (χ2v) is 7.81. The van der Waals surface area contributed by atoms with Crippen molar-refractivity contribution in [3.63, 3.8) is 0 Å². The highest BCUT2D eigenvalue weighted by molar-refractivity contribution is 7.99. The van der Waals surface area contributed by atoms with Crippen LogP contribution in [0.2, 0.25) is 0 Å². The second-order valence-electron chi connectivity index (χ2n) is 6.82. The van der Waals surface area contributed by atoms with Crippen molar-refractivity contribution in [1.82, 2.24) is 0 Å². The van der Waals surface area contributed by atoms with E-state index in [9.17, 15) is 4.79 Å². The number of nitrogens with one attached hydrogen (secondary N) is 1. The number of aryl methyl sites for hydroxylation is 1. The van der Waals surface area contributed by atoms with Gasteiger partial charge in [0.2, 0.25) is 5.91 Å². The van der Waals surface area contributed by atoms with Gasteiger partial charge in [-0.05, 0) is 43.9 Å². The largest absolute Gasteiger partial charge is 0.489 e. The molecule has 2 aromatic carbocycles. The Balaban J connectivity index is 1.46. The number of ether oxygens (including phenoxy) is 2. The molecule has 1 fully saturated rings. The number of carbonyl (C=O) groups excluding carboxylic acids is 1. The summed E-state index contributed by atoms with van der Waals surface area (Å²) in [5.74, 6) is 1.92. The Morgan fingerprint density at radius 3 is 2.78 bits per heavy atom. The molecule has 0 spiro atoms. The van der Waals surface area contributed by atoms with Gasteiger partial charge in [-0.25, -0.2) is 0 Å². The first-order chi connectivity index (χ1) is 13.2. The van der Waals surface area contributed by atoms with Gasteiger partial charge in [0.15, 0.2) is 0 Å². The average Bonchev–Trinajstić information content (AvgIpc) is 2.70. The summed E-state index contributed by atoms with van der Waals surface area (Å²) in [7, 11) is 0. The first kappa shape index (κ1) is 19.8. The van der Waals surface area contributed by atoms with Crippen LogP contribution in [0.15, 0.2) is 48.5 Å². The van der Waals surface area contributed by atoms with Crippen LogP contribution in [0.1, 0.15) is 30.4 Å². The summed E-state index contributed by atoms with van der Waals surface area (Å²) in [6, 6.07) is 16.0. The number of carbonyl (C=O) groups is 1. The highest BCUT2D eigenvalue weighted by Crippen LogP contribution is 2.25. The molecule has 2 aromatic rings. The van der Waals surface area contributed by atoms with Gasteiger partial charge in [-0.2, -0.15) is 0 Å². The number of anilines is 1. The van der Waals surface area contributed by atoms with E-state index in [0.717, 1.165) is 25.2 Å². The summed E-state index contributed by atoms with van der Waals surface area (Å²) < 4.78 is 11.6. The quantitative estimate of drug-likeness (QED) is 0.708. The SMILES string of the molecule is Cc1ccc(CSCC(=O)Nc2ccccc2OCC2CCCCO2)cc1. The molecule has 0 radical (unpaired) electrons. The standard InChI is InChI=1S/C22H27NO3S/c1-17-9-11-18(12-10-17)15-27-16-22(24)23-20-7-2-3-8-21(20)26-14-19-6-4-5-13-25-19/h2-3,7-12,19H,4-6,13-16H2,1H3,(H,23,24). The zero-order valence-electron chi connectivity index (χ0n) is 15.8. The van der Waals surface area contributed by atoms with Gasteiger partial charge in [-0.1, -0.05) is 42.0 Å². The molecule has 1 N–H and O–H groups in total. The van der Waals surface area contributed by atoms with E-state index in [4.69, 9.17) is 9.47 Å². The van der Waals surface area contributed by atoms with E-state index in [2.05, 4.69) is 36.5 Å². The molecule has 0 aromatic heterocycles. The molecule has 0 bridgehead atoms. The van der Waals surface area contributed by atoms with Crippen LogP contribution in [-0.4, -0.2) is 31.0 Å². The number of thioether (sulfide) groups is 1. The predicted octanol–water partition coefficient (Wildman–Crippen LogP) is 4.81. The van der Waals surface area contributed by atoms with Crippen molar-refractivity contribution in [2.45, 2.75) is 38.0 Å². The number of benzene rings is 2. The van der Waals surface area contributed by atoms with Crippen LogP contribution < -0.4 is 10.1 Å². The highest BCUT2D eigenvalue weighted by atomic mass is 32.2. The van der Waals surface area contributed by atoms with Crippen molar-refractivity contribution in [2.24, 2.45) is 0 Å². The number of para-hydroxylation sites is 2. The molecule has 3 rings (SSSR count). The van der Waals surface area contributed by atoms with Crippen molar-refractivity contribution >= 4 is 23.4 Å². The lowest BCUT2D eigenvalue weighted by molar-refractivity contribution is -0.113. The number of hydrogen-bond acceptors (Lipinski definition) is 4. The lowest BCUT2D eigenvalue weighted by Crippen LogP contribution is -2.26. The maximum absolute atomic E-state index is 12.3. The van der Waals surface area contributed by atoms with Crippen LogP contribution in [0, 0.1) is 6.92 Å². The molecule has 0 aliphatic carbocycles. The average molecular weight is 386 g/mol. The second kappa shape index (κ2) is 10.4. The van der Waals surface area contributed by atoms with Crippen LogP contribution in [0.3, 0.4) is 0 Å². The molecule has 1 heterocycles. The molecule has 1 saturated heterocycles. The molecule has 1 aliphatic heterocycles. The summed E-state index contributed by atoms with van der Waals surface area (Å²) >= 11 is 1.61. The summed E-state index contributed by atoms with van der Waals surface area (Å²) in [5, 5.41) is 2.97. The Labute approximate surface area is 165 Å². The molecule has 1 aliphatic rings. The summed E-state index contributed by atoms with van der Waals surface area (Å²) in [6.45, 7) is 3.41. The lowest BCUT2D eigenvalue weighted by atomic mass is 10.1. The monoisotopic (exact) mass is 385 g/mol. The summed E-state index contributed by atoms with van der Waals surface area (Å²) in [6.07, 6.45) is 3.49. The number of amides is 1. The van der Waals surface area contributed by atoms with Gasteiger partial charge in [0.1, 0.15) is 12.4 Å². The van der Waals surface area contributed by atoms with Crippen LogP contribution in [0.25, 0.3) is 0 Å². The van der Waals surface area contributed by atoms with Crippen molar-refractivity contribution in [1.29, 1.82) is 0 Å². The van der Waals surface area contributed by atoms with Crippen molar-refractivity contribution in [3.8, 4) is 5.75 Å². The molecular formula is C22H27NO3S. The smallest absolute Gasteiger partial charge is 0.234 e. The highest BCUT2D eigenvalue weighted by Gasteiger charge is 2.15. The maximum atomic E-state index is 12.3. The summed E-state index contributed by atoms with van der Waals surface area (Å²) in [5.41, 5.74) is 3.19. The topological polar surface area (TPSA) is 47.6 Å². The van der Waals surface area contributed by atoms with Crippen molar-refractivity contribution < 1.29 is 14.3 Å². The van der Waals surface area contributed by atoms with E-state index in [1.165, 1.54) is 17.5 Å². The van der Waals surface area contributed by atoms with Crippen molar-refractivity contribution in [2.75, 3.05) is 24.3 Å². The normalized spacial score (nSPS) is 16.7. The van der Waals surface area contributed by atoms with Gasteiger partial charge >= 0.3 is 0 Å². The number of rotatable bonds is 8. The van der Waals surface area contributed by atoms with Crippen LogP contribution in [-0.2, 0) is 15.3 Å².